The van der Waals surface area contributed by atoms with Crippen LogP contribution in [0.15, 0.2) is 277 Å². The Balaban J connectivity index is 0.966. The quantitative estimate of drug-likeness (QED) is 0.144. The van der Waals surface area contributed by atoms with Crippen molar-refractivity contribution in [2.24, 2.45) is 0 Å². The molecule has 1 heterocycles. The molecule has 69 heavy (non-hydrogen) atoms. The lowest BCUT2D eigenvalue weighted by Crippen LogP contribution is -2.28. The SMILES string of the molecule is c1ccc(-c2ccc(N(c3ccc(-c4cccc5c4oc4ccccc45)cc3)c3cccc(-c4cccc5c4-c4ccccc4C5(c4ccccc4)c4cccc(-c5ccccc5)c4)c3)cc2)cc1. The number of benzene rings is 11. The lowest BCUT2D eigenvalue weighted by atomic mass is 9.67. The predicted octanol–water partition coefficient (Wildman–Crippen LogP) is 18.1. The van der Waals surface area contributed by atoms with E-state index in [9.17, 15) is 0 Å². The fraction of sp³-hybridized carbons (Fsp3) is 0.0149. The van der Waals surface area contributed by atoms with E-state index in [1.807, 2.05) is 12.1 Å². The first-order valence-electron chi connectivity index (χ1n) is 23.7. The van der Waals surface area contributed by atoms with Gasteiger partial charge in [0, 0.05) is 33.4 Å². The molecule has 1 unspecified atom stereocenters. The molecule has 0 spiro atoms. The van der Waals surface area contributed by atoms with E-state index in [0.717, 1.165) is 55.7 Å². The summed E-state index contributed by atoms with van der Waals surface area (Å²) in [6.07, 6.45) is 0. The molecule has 0 saturated heterocycles. The fourth-order valence-electron chi connectivity index (χ4n) is 11.1. The van der Waals surface area contributed by atoms with Crippen molar-refractivity contribution in [3.8, 4) is 55.6 Å². The summed E-state index contributed by atoms with van der Waals surface area (Å²) < 4.78 is 6.49. The van der Waals surface area contributed by atoms with Gasteiger partial charge in [-0.1, -0.05) is 224 Å². The minimum atomic E-state index is -0.549. The molecule has 2 heteroatoms. The van der Waals surface area contributed by atoms with E-state index in [1.54, 1.807) is 0 Å². The van der Waals surface area contributed by atoms with Crippen molar-refractivity contribution in [3.63, 3.8) is 0 Å². The molecule has 0 bridgehead atoms. The summed E-state index contributed by atoms with van der Waals surface area (Å²) in [6, 6.07) is 99.3. The van der Waals surface area contributed by atoms with Gasteiger partial charge >= 0.3 is 0 Å². The Bertz CT molecular complexity index is 3820. The van der Waals surface area contributed by atoms with Crippen LogP contribution in [-0.4, -0.2) is 0 Å². The van der Waals surface area contributed by atoms with Crippen LogP contribution in [0.2, 0.25) is 0 Å². The van der Waals surface area contributed by atoms with Gasteiger partial charge < -0.3 is 9.32 Å². The van der Waals surface area contributed by atoms with Crippen molar-refractivity contribution in [1.82, 2.24) is 0 Å². The standard InChI is InChI=1S/C67H45NO/c1-4-18-46(19-5-1)48-36-40-54(41-37-48)68(55-42-38-49(39-43-55)58-31-16-32-60-59-28-11-13-35-64(59)69-66(58)60)56-27-15-23-51(45-56)57-30-17-34-63-65(57)61-29-10-12-33-62(61)67(63,52-24-8-3-9-25-52)53-26-14-22-50(44-53)47-20-6-2-7-21-47/h1-45H. The molecule has 1 aromatic heterocycles. The maximum absolute atomic E-state index is 6.49. The van der Waals surface area contributed by atoms with Crippen LogP contribution in [0.5, 0.6) is 0 Å². The third-order valence-corrected chi connectivity index (χ3v) is 14.2. The zero-order valence-electron chi connectivity index (χ0n) is 37.8. The molecule has 2 nitrogen and oxygen atoms in total. The Morgan fingerprint density at radius 3 is 1.57 bits per heavy atom. The summed E-state index contributed by atoms with van der Waals surface area (Å²) in [7, 11) is 0. The van der Waals surface area contributed by atoms with Gasteiger partial charge in [0.15, 0.2) is 0 Å². The van der Waals surface area contributed by atoms with Gasteiger partial charge in [0.25, 0.3) is 0 Å². The number of rotatable bonds is 9. The molecular formula is C67H45NO. The van der Waals surface area contributed by atoms with Crippen LogP contribution in [0.1, 0.15) is 22.3 Å². The Kier molecular flexibility index (Phi) is 9.77. The van der Waals surface area contributed by atoms with Crippen LogP contribution in [0.4, 0.5) is 17.1 Å². The second-order valence-corrected chi connectivity index (χ2v) is 18.0. The van der Waals surface area contributed by atoms with E-state index in [0.29, 0.717) is 0 Å². The average molecular weight is 880 g/mol. The highest BCUT2D eigenvalue weighted by atomic mass is 16.3. The van der Waals surface area contributed by atoms with Gasteiger partial charge in [-0.25, -0.2) is 0 Å². The number of nitrogens with zero attached hydrogens (tertiary/aromatic N) is 1. The Morgan fingerprint density at radius 2 is 0.797 bits per heavy atom. The number of hydrogen-bond acceptors (Lipinski definition) is 2. The van der Waals surface area contributed by atoms with E-state index in [4.69, 9.17) is 4.42 Å². The van der Waals surface area contributed by atoms with Gasteiger partial charge in [-0.05, 0) is 121 Å². The summed E-state index contributed by atoms with van der Waals surface area (Å²) in [4.78, 5) is 2.38. The van der Waals surface area contributed by atoms with Gasteiger partial charge in [0.1, 0.15) is 11.2 Å². The zero-order chi connectivity index (χ0) is 45.7. The number of fused-ring (bicyclic) bond motifs is 6. The molecule has 1 aliphatic carbocycles. The lowest BCUT2D eigenvalue weighted by Gasteiger charge is -2.34. The molecule has 11 aromatic carbocycles. The molecule has 0 saturated carbocycles. The predicted molar refractivity (Wildman–Crippen MR) is 287 cm³/mol. The summed E-state index contributed by atoms with van der Waals surface area (Å²) in [5.41, 5.74) is 21.4. The van der Waals surface area contributed by atoms with E-state index < -0.39 is 5.41 Å². The Hall–Kier alpha value is -8.98. The summed E-state index contributed by atoms with van der Waals surface area (Å²) in [5, 5.41) is 2.26. The number of hydrogen-bond donors (Lipinski definition) is 0. The maximum Gasteiger partial charge on any atom is 0.143 e. The van der Waals surface area contributed by atoms with Crippen molar-refractivity contribution in [3.05, 3.63) is 295 Å². The highest BCUT2D eigenvalue weighted by molar-refractivity contribution is 6.09. The van der Waals surface area contributed by atoms with Gasteiger partial charge in [-0.2, -0.15) is 0 Å². The van der Waals surface area contributed by atoms with Crippen molar-refractivity contribution in [1.29, 1.82) is 0 Å². The zero-order valence-corrected chi connectivity index (χ0v) is 37.8. The molecule has 324 valence electrons. The highest BCUT2D eigenvalue weighted by Crippen LogP contribution is 2.58. The molecule has 12 aromatic rings. The van der Waals surface area contributed by atoms with Gasteiger partial charge in [-0.15, -0.1) is 0 Å². The topological polar surface area (TPSA) is 16.4 Å². The van der Waals surface area contributed by atoms with Crippen LogP contribution >= 0.6 is 0 Å². The summed E-state index contributed by atoms with van der Waals surface area (Å²) >= 11 is 0. The van der Waals surface area contributed by atoms with Crippen LogP contribution in [0, 0.1) is 0 Å². The van der Waals surface area contributed by atoms with E-state index in [2.05, 4.69) is 266 Å². The summed E-state index contributed by atoms with van der Waals surface area (Å²) in [5.74, 6) is 0. The molecule has 0 N–H and O–H groups in total. The number of para-hydroxylation sites is 2. The van der Waals surface area contributed by atoms with Gasteiger partial charge in [0.2, 0.25) is 0 Å². The first-order valence-corrected chi connectivity index (χ1v) is 23.7. The molecular weight excluding hydrogens is 835 g/mol. The summed E-state index contributed by atoms with van der Waals surface area (Å²) in [6.45, 7) is 0. The van der Waals surface area contributed by atoms with Crippen molar-refractivity contribution in [2.45, 2.75) is 5.41 Å². The maximum atomic E-state index is 6.49. The van der Waals surface area contributed by atoms with Gasteiger partial charge in [-0.3, -0.25) is 0 Å². The lowest BCUT2D eigenvalue weighted by molar-refractivity contribution is 0.670. The molecule has 1 atom stereocenters. The van der Waals surface area contributed by atoms with E-state index in [-0.39, 0.29) is 0 Å². The van der Waals surface area contributed by atoms with Crippen molar-refractivity contribution in [2.75, 3.05) is 4.90 Å². The first-order chi connectivity index (χ1) is 34.2. The third kappa shape index (κ3) is 6.72. The Labute approximate surface area is 402 Å². The van der Waals surface area contributed by atoms with Crippen LogP contribution < -0.4 is 4.90 Å². The number of anilines is 3. The first kappa shape index (κ1) is 40.3. The molecule has 0 aliphatic heterocycles. The van der Waals surface area contributed by atoms with E-state index in [1.165, 1.54) is 61.2 Å². The molecule has 0 radical (unpaired) electrons. The smallest absolute Gasteiger partial charge is 0.143 e. The minimum absolute atomic E-state index is 0.549. The second kappa shape index (κ2) is 16.7. The number of furan rings is 1. The van der Waals surface area contributed by atoms with Crippen LogP contribution in [-0.2, 0) is 5.41 Å². The highest BCUT2D eigenvalue weighted by Gasteiger charge is 2.47. The minimum Gasteiger partial charge on any atom is -0.455 e. The average Bonchev–Trinajstić information content (AvgIpc) is 3.97. The fourth-order valence-corrected chi connectivity index (χ4v) is 11.1. The van der Waals surface area contributed by atoms with Crippen molar-refractivity contribution >= 4 is 39.0 Å². The molecule has 13 rings (SSSR count). The largest absolute Gasteiger partial charge is 0.455 e. The van der Waals surface area contributed by atoms with Gasteiger partial charge in [0.05, 0.1) is 5.41 Å². The van der Waals surface area contributed by atoms with Crippen LogP contribution in [0.3, 0.4) is 0 Å². The third-order valence-electron chi connectivity index (χ3n) is 14.2. The van der Waals surface area contributed by atoms with Crippen LogP contribution in [0.25, 0.3) is 77.6 Å². The monoisotopic (exact) mass is 879 g/mol. The molecule has 0 fully saturated rings. The molecule has 0 amide bonds. The second-order valence-electron chi connectivity index (χ2n) is 18.0. The normalized spacial score (nSPS) is 13.9. The van der Waals surface area contributed by atoms with E-state index >= 15 is 0 Å². The van der Waals surface area contributed by atoms with Crippen molar-refractivity contribution < 1.29 is 4.42 Å². The molecule has 1 aliphatic rings. The Morgan fingerprint density at radius 1 is 0.290 bits per heavy atom.